The quantitative estimate of drug-likeness (QED) is 0.853. The van der Waals surface area contributed by atoms with Crippen LogP contribution in [0.25, 0.3) is 10.2 Å². The summed E-state index contributed by atoms with van der Waals surface area (Å²) in [6.07, 6.45) is 0. The van der Waals surface area contributed by atoms with Crippen LogP contribution in [0, 0.1) is 12.8 Å². The molecule has 0 saturated carbocycles. The number of aryl methyl sites for hydroxylation is 1. The molecular weight excluding hydrogens is 204 g/mol. The summed E-state index contributed by atoms with van der Waals surface area (Å²) in [6.45, 7) is 7.49. The van der Waals surface area contributed by atoms with E-state index in [-0.39, 0.29) is 0 Å². The van der Waals surface area contributed by atoms with Gasteiger partial charge in [-0.2, -0.15) is 0 Å². The Bertz CT molecular complexity index is 460. The molecule has 0 spiro atoms. The summed E-state index contributed by atoms with van der Waals surface area (Å²) in [5.74, 6) is 0.670. The van der Waals surface area contributed by atoms with Crippen LogP contribution in [0.3, 0.4) is 0 Å². The van der Waals surface area contributed by atoms with Crippen LogP contribution in [-0.2, 0) is 0 Å². The highest BCUT2D eigenvalue weighted by Gasteiger charge is 2.01. The van der Waals surface area contributed by atoms with Gasteiger partial charge in [-0.05, 0) is 31.0 Å². The predicted molar refractivity (Wildman–Crippen MR) is 67.7 cm³/mol. The van der Waals surface area contributed by atoms with E-state index >= 15 is 0 Å². The minimum atomic E-state index is 0.670. The van der Waals surface area contributed by atoms with E-state index in [2.05, 4.69) is 42.3 Å². The standard InChI is InChI=1S/C12H16N2S/c1-8(2)7-13-10-4-5-11-12(6-10)15-9(3)14-11/h4-6,8,13H,7H2,1-3H3. The van der Waals surface area contributed by atoms with Crippen molar-refractivity contribution in [2.45, 2.75) is 20.8 Å². The molecule has 0 saturated heterocycles. The molecule has 3 heteroatoms. The molecule has 15 heavy (non-hydrogen) atoms. The molecule has 0 aliphatic heterocycles. The Labute approximate surface area is 94.3 Å². The third-order valence-corrected chi connectivity index (χ3v) is 3.14. The van der Waals surface area contributed by atoms with E-state index in [0.29, 0.717) is 5.92 Å². The summed E-state index contributed by atoms with van der Waals surface area (Å²) in [7, 11) is 0. The lowest BCUT2D eigenvalue weighted by atomic mass is 10.2. The molecule has 0 radical (unpaired) electrons. The monoisotopic (exact) mass is 220 g/mol. The molecular formula is C12H16N2S. The maximum Gasteiger partial charge on any atom is 0.0907 e. The van der Waals surface area contributed by atoms with Gasteiger partial charge in [0.05, 0.1) is 15.2 Å². The SMILES string of the molecule is Cc1nc2ccc(NCC(C)C)cc2s1. The molecule has 0 atom stereocenters. The van der Waals surface area contributed by atoms with Gasteiger partial charge in [-0.25, -0.2) is 4.98 Å². The third-order valence-electron chi connectivity index (χ3n) is 2.21. The molecule has 0 aliphatic carbocycles. The zero-order valence-electron chi connectivity index (χ0n) is 9.37. The fourth-order valence-electron chi connectivity index (χ4n) is 1.47. The predicted octanol–water partition coefficient (Wildman–Crippen LogP) is 3.67. The van der Waals surface area contributed by atoms with Crippen molar-refractivity contribution in [2.75, 3.05) is 11.9 Å². The Hall–Kier alpha value is -1.09. The summed E-state index contributed by atoms with van der Waals surface area (Å²) in [4.78, 5) is 4.44. The number of nitrogens with zero attached hydrogens (tertiary/aromatic N) is 1. The molecule has 1 heterocycles. The molecule has 0 aliphatic rings. The van der Waals surface area contributed by atoms with Crippen LogP contribution < -0.4 is 5.32 Å². The summed E-state index contributed by atoms with van der Waals surface area (Å²) in [5, 5.41) is 4.55. The summed E-state index contributed by atoms with van der Waals surface area (Å²) < 4.78 is 1.27. The van der Waals surface area contributed by atoms with Crippen molar-refractivity contribution in [3.05, 3.63) is 23.2 Å². The molecule has 1 aromatic heterocycles. The van der Waals surface area contributed by atoms with Gasteiger partial charge in [0.15, 0.2) is 0 Å². The van der Waals surface area contributed by atoms with Gasteiger partial charge < -0.3 is 5.32 Å². The zero-order valence-corrected chi connectivity index (χ0v) is 10.2. The minimum absolute atomic E-state index is 0.670. The molecule has 2 aromatic rings. The van der Waals surface area contributed by atoms with Crippen LogP contribution >= 0.6 is 11.3 Å². The first-order chi connectivity index (χ1) is 7.15. The number of hydrogen-bond acceptors (Lipinski definition) is 3. The number of fused-ring (bicyclic) bond motifs is 1. The number of anilines is 1. The number of benzene rings is 1. The molecule has 0 amide bonds. The first-order valence-corrected chi connectivity index (χ1v) is 6.08. The summed E-state index contributed by atoms with van der Waals surface area (Å²) in [5.41, 5.74) is 2.30. The van der Waals surface area contributed by atoms with Crippen molar-refractivity contribution in [1.29, 1.82) is 0 Å². The van der Waals surface area contributed by atoms with Gasteiger partial charge in [0.1, 0.15) is 0 Å². The van der Waals surface area contributed by atoms with Crippen LogP contribution in [0.2, 0.25) is 0 Å². The van der Waals surface area contributed by atoms with Crippen molar-refractivity contribution in [3.63, 3.8) is 0 Å². The van der Waals surface area contributed by atoms with Gasteiger partial charge in [0.25, 0.3) is 0 Å². The summed E-state index contributed by atoms with van der Waals surface area (Å²) in [6, 6.07) is 6.37. The third kappa shape index (κ3) is 2.48. The Morgan fingerprint density at radius 3 is 2.93 bits per heavy atom. The number of nitrogens with one attached hydrogen (secondary N) is 1. The van der Waals surface area contributed by atoms with Crippen LogP contribution in [0.4, 0.5) is 5.69 Å². The number of rotatable bonds is 3. The molecule has 1 aromatic carbocycles. The molecule has 2 rings (SSSR count). The van der Waals surface area contributed by atoms with E-state index in [0.717, 1.165) is 17.1 Å². The van der Waals surface area contributed by atoms with Crippen molar-refractivity contribution >= 4 is 27.2 Å². The lowest BCUT2D eigenvalue weighted by Gasteiger charge is -2.08. The van der Waals surface area contributed by atoms with E-state index in [1.807, 2.05) is 6.92 Å². The minimum Gasteiger partial charge on any atom is -0.385 e. The Morgan fingerprint density at radius 2 is 2.20 bits per heavy atom. The van der Waals surface area contributed by atoms with Crippen LogP contribution in [-0.4, -0.2) is 11.5 Å². The second-order valence-corrected chi connectivity index (χ2v) is 5.42. The largest absolute Gasteiger partial charge is 0.385 e. The van der Waals surface area contributed by atoms with E-state index in [1.54, 1.807) is 11.3 Å². The fourth-order valence-corrected chi connectivity index (χ4v) is 2.34. The molecule has 0 fully saturated rings. The normalized spacial score (nSPS) is 11.2. The van der Waals surface area contributed by atoms with E-state index in [9.17, 15) is 0 Å². The number of thiazole rings is 1. The first-order valence-electron chi connectivity index (χ1n) is 5.26. The smallest absolute Gasteiger partial charge is 0.0907 e. The molecule has 1 N–H and O–H groups in total. The first kappa shape index (κ1) is 10.4. The highest BCUT2D eigenvalue weighted by atomic mass is 32.1. The van der Waals surface area contributed by atoms with E-state index in [1.165, 1.54) is 10.4 Å². The van der Waals surface area contributed by atoms with Gasteiger partial charge in [-0.1, -0.05) is 13.8 Å². The number of aromatic nitrogens is 1. The Kier molecular flexibility index (Phi) is 2.91. The van der Waals surface area contributed by atoms with Crippen LogP contribution in [0.1, 0.15) is 18.9 Å². The molecule has 0 unspecified atom stereocenters. The fraction of sp³-hybridized carbons (Fsp3) is 0.417. The van der Waals surface area contributed by atoms with E-state index in [4.69, 9.17) is 0 Å². The molecule has 0 bridgehead atoms. The zero-order chi connectivity index (χ0) is 10.8. The van der Waals surface area contributed by atoms with Crippen LogP contribution in [0.5, 0.6) is 0 Å². The molecule has 80 valence electrons. The van der Waals surface area contributed by atoms with Crippen molar-refractivity contribution in [1.82, 2.24) is 4.98 Å². The molecule has 2 nitrogen and oxygen atoms in total. The maximum atomic E-state index is 4.44. The average Bonchev–Trinajstić information content (AvgIpc) is 2.53. The Balaban J connectivity index is 2.22. The lowest BCUT2D eigenvalue weighted by Crippen LogP contribution is -2.07. The van der Waals surface area contributed by atoms with E-state index < -0.39 is 0 Å². The van der Waals surface area contributed by atoms with Crippen LogP contribution in [0.15, 0.2) is 18.2 Å². The van der Waals surface area contributed by atoms with Gasteiger partial charge in [-0.15, -0.1) is 11.3 Å². The number of hydrogen-bond donors (Lipinski definition) is 1. The van der Waals surface area contributed by atoms with Crippen molar-refractivity contribution in [2.24, 2.45) is 5.92 Å². The highest BCUT2D eigenvalue weighted by molar-refractivity contribution is 7.18. The van der Waals surface area contributed by atoms with Crippen molar-refractivity contribution < 1.29 is 0 Å². The topological polar surface area (TPSA) is 24.9 Å². The maximum absolute atomic E-state index is 4.44. The van der Waals surface area contributed by atoms with Gasteiger partial charge in [0, 0.05) is 12.2 Å². The second kappa shape index (κ2) is 4.19. The van der Waals surface area contributed by atoms with Gasteiger partial charge >= 0.3 is 0 Å². The second-order valence-electron chi connectivity index (χ2n) is 4.19. The van der Waals surface area contributed by atoms with Crippen molar-refractivity contribution in [3.8, 4) is 0 Å². The average molecular weight is 220 g/mol. The van der Waals surface area contributed by atoms with Gasteiger partial charge in [0.2, 0.25) is 0 Å². The summed E-state index contributed by atoms with van der Waals surface area (Å²) >= 11 is 1.75. The van der Waals surface area contributed by atoms with Gasteiger partial charge in [-0.3, -0.25) is 0 Å². The lowest BCUT2D eigenvalue weighted by molar-refractivity contribution is 0.689. The Morgan fingerprint density at radius 1 is 1.40 bits per heavy atom. The highest BCUT2D eigenvalue weighted by Crippen LogP contribution is 2.24.